The zero-order valence-electron chi connectivity index (χ0n) is 14.7. The molecule has 134 valence electrons. The quantitative estimate of drug-likeness (QED) is 0.235. The van der Waals surface area contributed by atoms with Crippen LogP contribution in [0.1, 0.15) is 110 Å². The lowest BCUT2D eigenvalue weighted by Crippen LogP contribution is -1.93. The Hall–Kier alpha value is -0.220. The van der Waals surface area contributed by atoms with Crippen molar-refractivity contribution < 1.29 is 9.90 Å². The van der Waals surface area contributed by atoms with E-state index in [0.29, 0.717) is 6.42 Å². The number of unbranched alkanes of at least 4 members (excludes halogenated alkanes) is 14. The minimum atomic E-state index is -0.653. The lowest BCUT2D eigenvalue weighted by molar-refractivity contribution is -0.137. The van der Waals surface area contributed by atoms with Gasteiger partial charge in [-0.25, -0.2) is 0 Å². The van der Waals surface area contributed by atoms with Crippen molar-refractivity contribution in [3.05, 3.63) is 0 Å². The molecule has 0 saturated carbocycles. The summed E-state index contributed by atoms with van der Waals surface area (Å²) in [6.45, 7) is 2.27. The molecule has 0 unspecified atom stereocenters. The number of nitrogens with two attached hydrogens (primary N) is 1. The van der Waals surface area contributed by atoms with Crippen molar-refractivity contribution in [3.63, 3.8) is 0 Å². The monoisotopic (exact) mass is 333 g/mol. The predicted molar refractivity (Wildman–Crippen MR) is 100 cm³/mol. The SMILES string of the molecule is CCCCCCCCCCCCCCCCCC(=O)O.NS. The van der Waals surface area contributed by atoms with E-state index in [-0.39, 0.29) is 0 Å². The number of carboxylic acid groups (broad SMARTS) is 1. The van der Waals surface area contributed by atoms with Gasteiger partial charge in [0, 0.05) is 6.42 Å². The van der Waals surface area contributed by atoms with E-state index in [1.54, 1.807) is 0 Å². The number of rotatable bonds is 16. The summed E-state index contributed by atoms with van der Waals surface area (Å²) in [7, 11) is 0. The molecule has 0 amide bonds. The Labute approximate surface area is 144 Å². The molecule has 0 saturated heterocycles. The molecule has 0 bridgehead atoms. The molecule has 0 fully saturated rings. The van der Waals surface area contributed by atoms with Gasteiger partial charge in [-0.2, -0.15) is 0 Å². The molecule has 0 spiro atoms. The molecule has 0 aromatic rings. The van der Waals surface area contributed by atoms with Crippen molar-refractivity contribution >= 4 is 18.8 Å². The fraction of sp³-hybridized carbons (Fsp3) is 0.944. The van der Waals surface area contributed by atoms with Crippen molar-refractivity contribution in [2.75, 3.05) is 0 Å². The summed E-state index contributed by atoms with van der Waals surface area (Å²) in [6, 6.07) is 0. The molecular weight excluding hydrogens is 294 g/mol. The van der Waals surface area contributed by atoms with Crippen molar-refractivity contribution in [2.24, 2.45) is 5.14 Å². The predicted octanol–water partition coefficient (Wildman–Crippen LogP) is 6.12. The van der Waals surface area contributed by atoms with Gasteiger partial charge in [0.2, 0.25) is 0 Å². The van der Waals surface area contributed by atoms with Crippen LogP contribution in [-0.4, -0.2) is 11.1 Å². The fourth-order valence-electron chi connectivity index (χ4n) is 2.65. The van der Waals surface area contributed by atoms with E-state index in [0.717, 1.165) is 12.8 Å². The molecule has 0 heterocycles. The van der Waals surface area contributed by atoms with E-state index in [9.17, 15) is 4.79 Å². The zero-order chi connectivity index (χ0) is 16.9. The van der Waals surface area contributed by atoms with Crippen LogP contribution in [0, 0.1) is 0 Å². The molecule has 0 aliphatic carbocycles. The van der Waals surface area contributed by atoms with Crippen LogP contribution >= 0.6 is 12.8 Å². The molecule has 22 heavy (non-hydrogen) atoms. The van der Waals surface area contributed by atoms with Crippen LogP contribution in [0.25, 0.3) is 0 Å². The number of carboxylic acids is 1. The Balaban J connectivity index is 0. The Kier molecular flexibility index (Phi) is 25.2. The average molecular weight is 334 g/mol. The summed E-state index contributed by atoms with van der Waals surface area (Å²) >= 11 is 3.03. The zero-order valence-corrected chi connectivity index (χ0v) is 15.6. The maximum atomic E-state index is 10.3. The van der Waals surface area contributed by atoms with Gasteiger partial charge in [-0.05, 0) is 6.42 Å². The van der Waals surface area contributed by atoms with Crippen LogP contribution in [0.2, 0.25) is 0 Å². The molecule has 0 aromatic heterocycles. The number of hydrogen-bond acceptors (Lipinski definition) is 3. The standard InChI is InChI=1S/C18H36O2.H3NS/c1-2-3-4-5-6-7-8-9-10-11-12-13-14-15-16-17-18(19)20;1-2/h2-17H2,1H3,(H,19,20);2H,1H2. The second-order valence-corrected chi connectivity index (χ2v) is 6.09. The van der Waals surface area contributed by atoms with E-state index in [1.165, 1.54) is 83.5 Å². The summed E-state index contributed by atoms with van der Waals surface area (Å²) in [4.78, 5) is 10.3. The van der Waals surface area contributed by atoms with Crippen molar-refractivity contribution in [3.8, 4) is 0 Å². The van der Waals surface area contributed by atoms with Crippen molar-refractivity contribution in [1.82, 2.24) is 0 Å². The topological polar surface area (TPSA) is 63.3 Å². The van der Waals surface area contributed by atoms with E-state index >= 15 is 0 Å². The molecule has 0 radical (unpaired) electrons. The van der Waals surface area contributed by atoms with E-state index in [2.05, 4.69) is 24.9 Å². The molecule has 4 heteroatoms. The fourth-order valence-corrected chi connectivity index (χ4v) is 2.65. The summed E-state index contributed by atoms with van der Waals surface area (Å²) < 4.78 is 0. The van der Waals surface area contributed by atoms with Crippen LogP contribution < -0.4 is 5.14 Å². The third-order valence-corrected chi connectivity index (χ3v) is 3.99. The van der Waals surface area contributed by atoms with Crippen molar-refractivity contribution in [2.45, 2.75) is 110 Å². The smallest absolute Gasteiger partial charge is 0.303 e. The molecule has 0 rings (SSSR count). The summed E-state index contributed by atoms with van der Waals surface area (Å²) in [5.74, 6) is -0.653. The minimum Gasteiger partial charge on any atom is -0.481 e. The number of thiol groups is 1. The molecule has 3 N–H and O–H groups in total. The Bertz CT molecular complexity index is 213. The second-order valence-electron chi connectivity index (χ2n) is 6.09. The van der Waals surface area contributed by atoms with E-state index in [4.69, 9.17) is 5.11 Å². The highest BCUT2D eigenvalue weighted by molar-refractivity contribution is 7.77. The van der Waals surface area contributed by atoms with Gasteiger partial charge in [-0.1, -0.05) is 96.8 Å². The van der Waals surface area contributed by atoms with Crippen LogP contribution in [0.3, 0.4) is 0 Å². The Morgan fingerprint density at radius 1 is 0.682 bits per heavy atom. The highest BCUT2D eigenvalue weighted by atomic mass is 32.1. The third kappa shape index (κ3) is 24.8. The minimum absolute atomic E-state index is 0.345. The third-order valence-electron chi connectivity index (χ3n) is 3.99. The average Bonchev–Trinajstić information content (AvgIpc) is 2.53. The first-order valence-electron chi connectivity index (χ1n) is 9.25. The Morgan fingerprint density at radius 2 is 0.955 bits per heavy atom. The largest absolute Gasteiger partial charge is 0.481 e. The van der Waals surface area contributed by atoms with Gasteiger partial charge in [0.15, 0.2) is 0 Å². The number of hydrogen-bond donors (Lipinski definition) is 3. The first-order valence-corrected chi connectivity index (χ1v) is 9.76. The molecule has 0 aromatic carbocycles. The summed E-state index contributed by atoms with van der Waals surface area (Å²) in [5.41, 5.74) is 0. The molecule has 0 aliphatic rings. The summed E-state index contributed by atoms with van der Waals surface area (Å²) in [5, 5.41) is 12.7. The lowest BCUT2D eigenvalue weighted by atomic mass is 10.0. The van der Waals surface area contributed by atoms with Gasteiger partial charge in [0.1, 0.15) is 0 Å². The van der Waals surface area contributed by atoms with Gasteiger partial charge in [0.05, 0.1) is 0 Å². The van der Waals surface area contributed by atoms with Gasteiger partial charge < -0.3 is 5.11 Å². The van der Waals surface area contributed by atoms with E-state index < -0.39 is 5.97 Å². The summed E-state index contributed by atoms with van der Waals surface area (Å²) in [6.07, 6.45) is 20.2. The first-order chi connectivity index (χ1) is 10.8. The molecule has 3 nitrogen and oxygen atoms in total. The van der Waals surface area contributed by atoms with Gasteiger partial charge in [0.25, 0.3) is 0 Å². The Morgan fingerprint density at radius 3 is 1.23 bits per heavy atom. The second kappa shape index (κ2) is 23.1. The van der Waals surface area contributed by atoms with Gasteiger partial charge in [-0.3, -0.25) is 9.93 Å². The van der Waals surface area contributed by atoms with Crippen LogP contribution in [-0.2, 0) is 4.79 Å². The molecular formula is C18H39NO2S. The molecule has 0 atom stereocenters. The lowest BCUT2D eigenvalue weighted by Gasteiger charge is -2.03. The highest BCUT2D eigenvalue weighted by Crippen LogP contribution is 2.13. The van der Waals surface area contributed by atoms with Crippen molar-refractivity contribution in [1.29, 1.82) is 0 Å². The van der Waals surface area contributed by atoms with Crippen LogP contribution in [0.4, 0.5) is 0 Å². The van der Waals surface area contributed by atoms with Gasteiger partial charge >= 0.3 is 5.97 Å². The number of carbonyl (C=O) groups is 1. The maximum Gasteiger partial charge on any atom is 0.303 e. The van der Waals surface area contributed by atoms with Crippen LogP contribution in [0.5, 0.6) is 0 Å². The normalized spacial score (nSPS) is 10.1. The number of aliphatic carboxylic acids is 1. The maximum absolute atomic E-state index is 10.3. The molecule has 0 aliphatic heterocycles. The van der Waals surface area contributed by atoms with E-state index in [1.807, 2.05) is 0 Å². The highest BCUT2D eigenvalue weighted by Gasteiger charge is 1.97. The first kappa shape index (κ1) is 24.0. The van der Waals surface area contributed by atoms with Gasteiger partial charge in [-0.15, -0.1) is 12.8 Å². The van der Waals surface area contributed by atoms with Crippen LogP contribution in [0.15, 0.2) is 0 Å².